The fourth-order valence-corrected chi connectivity index (χ4v) is 4.26. The van der Waals surface area contributed by atoms with Gasteiger partial charge in [0.05, 0.1) is 14.4 Å². The molecule has 0 heterocycles. The van der Waals surface area contributed by atoms with Crippen LogP contribution in [0, 0.1) is 0 Å². The van der Waals surface area contributed by atoms with Gasteiger partial charge >= 0.3 is 71.1 Å². The van der Waals surface area contributed by atoms with E-state index in [0.29, 0.717) is 12.8 Å². The van der Waals surface area contributed by atoms with Crippen LogP contribution in [0.25, 0.3) is 0 Å². The van der Waals surface area contributed by atoms with Gasteiger partial charge in [0.15, 0.2) is 6.10 Å². The van der Waals surface area contributed by atoms with E-state index >= 15 is 0 Å². The van der Waals surface area contributed by atoms with Crippen LogP contribution in [0.2, 0.25) is 0 Å². The molecule has 0 aliphatic rings. The predicted octanol–water partition coefficient (Wildman–Crippen LogP) is -1.53. The van der Waals surface area contributed by atoms with Crippen molar-refractivity contribution in [3.63, 3.8) is 0 Å². The summed E-state index contributed by atoms with van der Waals surface area (Å²) in [6.07, 6.45) is 15.8. The molecule has 40 heavy (non-hydrogen) atoms. The molecule has 0 radical (unpaired) electrons. The Morgan fingerprint density at radius 3 is 1.62 bits per heavy atom. The molecule has 0 saturated carbocycles. The third-order valence-corrected chi connectivity index (χ3v) is 6.53. The number of carbonyl (C=O) groups is 3. The van der Waals surface area contributed by atoms with Crippen molar-refractivity contribution in [2.45, 2.75) is 136 Å². The van der Waals surface area contributed by atoms with Gasteiger partial charge in [0, 0.05) is 26.3 Å². The third kappa shape index (κ3) is 34.7. The largest absolute Gasteiger partial charge is 1.00 e. The van der Waals surface area contributed by atoms with Crippen molar-refractivity contribution in [1.29, 1.82) is 0 Å². The van der Waals surface area contributed by atoms with Gasteiger partial charge in [-0.05, 0) is 19.3 Å². The van der Waals surface area contributed by atoms with Gasteiger partial charge in [0.25, 0.3) is 0 Å². The molecule has 0 aliphatic carbocycles. The van der Waals surface area contributed by atoms with Gasteiger partial charge in [0.2, 0.25) is 5.91 Å². The fourth-order valence-electron chi connectivity index (χ4n) is 3.92. The molecule has 224 valence electrons. The Kier molecular flexibility index (Phi) is 34.8. The predicted molar refractivity (Wildman–Crippen MR) is 142 cm³/mol. The summed E-state index contributed by atoms with van der Waals surface area (Å²) in [6, 6.07) is 0. The molecule has 10 nitrogen and oxygen atoms in total. The summed E-state index contributed by atoms with van der Waals surface area (Å²) in [7, 11) is -5.24. The summed E-state index contributed by atoms with van der Waals surface area (Å²) in [5, 5.41) is 2.80. The monoisotopic (exact) mass is 609 g/mol. The molecule has 1 atom stereocenters. The number of hydrogen-bond donors (Lipinski definition) is 1. The Hall–Kier alpha value is 0.520. The minimum Gasteiger partial charge on any atom is -0.790 e. The van der Waals surface area contributed by atoms with Gasteiger partial charge in [-0.1, -0.05) is 90.4 Å². The van der Waals surface area contributed by atoms with E-state index in [1.54, 1.807) is 0 Å². The molecule has 0 unspecified atom stereocenters. The average molecular weight is 610 g/mol. The minimum atomic E-state index is -5.24. The van der Waals surface area contributed by atoms with Crippen LogP contribution in [0.15, 0.2) is 0 Å². The summed E-state index contributed by atoms with van der Waals surface area (Å²) in [5.74, 6) is -0.985. The molecular weight excluding hydrogens is 559 g/mol. The zero-order valence-electron chi connectivity index (χ0n) is 25.5. The summed E-state index contributed by atoms with van der Waals surface area (Å²) < 4.78 is 25.4. The SMILES string of the molecule is CCCCCCCCC(=O)O[C@@H](COC(=O)CCCCCCCCCCCCNC(C)=O)COP(=O)([O-])[O-].[Na+].[Na+]. The summed E-state index contributed by atoms with van der Waals surface area (Å²) >= 11 is 0. The number of carbonyl (C=O) groups excluding carboxylic acids is 3. The second-order valence-electron chi connectivity index (χ2n) is 9.82. The van der Waals surface area contributed by atoms with Crippen molar-refractivity contribution in [3.8, 4) is 0 Å². The van der Waals surface area contributed by atoms with Gasteiger partial charge in [0.1, 0.15) is 6.61 Å². The van der Waals surface area contributed by atoms with Crippen molar-refractivity contribution < 1.29 is 102 Å². The van der Waals surface area contributed by atoms with Crippen LogP contribution in [0.1, 0.15) is 129 Å². The van der Waals surface area contributed by atoms with E-state index in [4.69, 9.17) is 9.47 Å². The van der Waals surface area contributed by atoms with E-state index in [2.05, 4.69) is 16.8 Å². The molecule has 0 fully saturated rings. The van der Waals surface area contributed by atoms with E-state index in [0.717, 1.165) is 77.2 Å². The number of ether oxygens (including phenoxy) is 2. The number of rotatable bonds is 26. The topological polar surface area (TPSA) is 154 Å². The quantitative estimate of drug-likeness (QED) is 0.0533. The number of hydrogen-bond acceptors (Lipinski definition) is 9. The van der Waals surface area contributed by atoms with Crippen LogP contribution in [0.3, 0.4) is 0 Å². The first-order chi connectivity index (χ1) is 18.1. The van der Waals surface area contributed by atoms with Gasteiger partial charge in [-0.15, -0.1) is 0 Å². The van der Waals surface area contributed by atoms with Crippen LogP contribution in [-0.4, -0.2) is 43.7 Å². The van der Waals surface area contributed by atoms with Crippen molar-refractivity contribution in [2.75, 3.05) is 19.8 Å². The van der Waals surface area contributed by atoms with Crippen molar-refractivity contribution in [3.05, 3.63) is 0 Å². The first-order valence-electron chi connectivity index (χ1n) is 14.4. The molecule has 0 spiro atoms. The number of esters is 2. The third-order valence-electron chi connectivity index (χ3n) is 6.06. The van der Waals surface area contributed by atoms with E-state index in [-0.39, 0.29) is 84.5 Å². The minimum absolute atomic E-state index is 0. The van der Waals surface area contributed by atoms with Gasteiger partial charge in [-0.25, -0.2) is 0 Å². The maximum atomic E-state index is 12.1. The van der Waals surface area contributed by atoms with Crippen LogP contribution in [0.4, 0.5) is 0 Å². The first kappa shape index (κ1) is 45.0. The summed E-state index contributed by atoms with van der Waals surface area (Å²) in [4.78, 5) is 56.5. The van der Waals surface area contributed by atoms with E-state index in [9.17, 15) is 28.7 Å². The Morgan fingerprint density at radius 1 is 0.700 bits per heavy atom. The van der Waals surface area contributed by atoms with E-state index in [1.807, 2.05) is 0 Å². The fraction of sp³-hybridized carbons (Fsp3) is 0.889. The number of phosphoric acid groups is 1. The second kappa shape index (κ2) is 31.0. The van der Waals surface area contributed by atoms with E-state index < -0.39 is 32.5 Å². The average Bonchev–Trinajstić information content (AvgIpc) is 2.85. The first-order valence-corrected chi connectivity index (χ1v) is 15.9. The number of unbranched alkanes of at least 4 members (excludes halogenated alkanes) is 14. The molecule has 0 bridgehead atoms. The zero-order valence-corrected chi connectivity index (χ0v) is 30.4. The molecule has 1 N–H and O–H groups in total. The summed E-state index contributed by atoms with van der Waals surface area (Å²) in [6.45, 7) is 3.38. The smallest absolute Gasteiger partial charge is 0.790 e. The molecule has 0 rings (SSSR count). The number of nitrogens with one attached hydrogen (secondary N) is 1. The van der Waals surface area contributed by atoms with Gasteiger partial charge < -0.3 is 33.7 Å². The second-order valence-corrected chi connectivity index (χ2v) is 11.0. The molecule has 0 aromatic carbocycles. The van der Waals surface area contributed by atoms with Crippen LogP contribution >= 0.6 is 7.82 Å². The number of phosphoric ester groups is 1. The molecule has 0 aromatic heterocycles. The Labute approximate surface area is 286 Å². The van der Waals surface area contributed by atoms with Crippen molar-refractivity contribution in [2.24, 2.45) is 0 Å². The molecule has 0 aliphatic heterocycles. The molecule has 13 heteroatoms. The maximum Gasteiger partial charge on any atom is 1.00 e. The van der Waals surface area contributed by atoms with Crippen LogP contribution < -0.4 is 74.2 Å². The summed E-state index contributed by atoms with van der Waals surface area (Å²) in [5.41, 5.74) is 0. The van der Waals surface area contributed by atoms with Crippen molar-refractivity contribution >= 4 is 25.7 Å². The zero-order chi connectivity index (χ0) is 28.5. The number of amides is 1. The molecule has 0 saturated heterocycles. The van der Waals surface area contributed by atoms with E-state index in [1.165, 1.54) is 26.2 Å². The molecular formula is C27H50NNa2O9P. The Bertz CT molecular complexity index is 680. The van der Waals surface area contributed by atoms with Crippen molar-refractivity contribution in [1.82, 2.24) is 5.32 Å². The van der Waals surface area contributed by atoms with Crippen LogP contribution in [0.5, 0.6) is 0 Å². The Morgan fingerprint density at radius 2 is 1.15 bits per heavy atom. The maximum absolute atomic E-state index is 12.1. The van der Waals surface area contributed by atoms with Gasteiger partial charge in [-0.3, -0.25) is 14.4 Å². The van der Waals surface area contributed by atoms with Gasteiger partial charge in [-0.2, -0.15) is 0 Å². The molecule has 0 aromatic rings. The Balaban J connectivity index is -0.00000684. The normalized spacial score (nSPS) is 11.6. The standard InChI is InChI=1S/C27H52NO9P.2Na/c1-3-4-5-6-13-17-20-27(31)37-25(23-36-38(32,33)34)22-35-26(30)19-16-14-11-9-7-8-10-12-15-18-21-28-24(2)29;;/h25H,3-23H2,1-2H3,(H,28,29)(H2,32,33,34);;/q;2*+1/p-2/t25-;;/m0../s1. The molecule has 1 amide bonds. The van der Waals surface area contributed by atoms with Crippen LogP contribution in [-0.2, 0) is 32.9 Å².